The average molecular weight is 309 g/mol. The highest BCUT2D eigenvalue weighted by atomic mass is 35.5. The molecule has 1 fully saturated rings. The van der Waals surface area contributed by atoms with Crippen molar-refractivity contribution >= 4 is 24.0 Å². The molecule has 8 heteroatoms. The minimum absolute atomic E-state index is 0. The van der Waals surface area contributed by atoms with Crippen molar-refractivity contribution in [2.75, 3.05) is 11.9 Å². The van der Waals surface area contributed by atoms with Crippen LogP contribution in [0.15, 0.2) is 24.5 Å². The van der Waals surface area contributed by atoms with Crippen LogP contribution in [0.4, 0.5) is 5.69 Å². The summed E-state index contributed by atoms with van der Waals surface area (Å²) < 4.78 is 1.58. The third kappa shape index (κ3) is 3.37. The lowest BCUT2D eigenvalue weighted by Crippen LogP contribution is -2.35. The second-order valence-electron chi connectivity index (χ2n) is 4.89. The molecule has 2 aromatic rings. The summed E-state index contributed by atoms with van der Waals surface area (Å²) in [7, 11) is 0. The van der Waals surface area contributed by atoms with Crippen molar-refractivity contribution in [1.82, 2.24) is 25.5 Å². The molecule has 7 nitrogen and oxygen atoms in total. The Morgan fingerprint density at radius 3 is 3.00 bits per heavy atom. The monoisotopic (exact) mass is 308 g/mol. The predicted octanol–water partition coefficient (Wildman–Crippen LogP) is 1.08. The first-order valence-corrected chi connectivity index (χ1v) is 6.62. The first-order valence-electron chi connectivity index (χ1n) is 6.62. The van der Waals surface area contributed by atoms with Gasteiger partial charge in [0.05, 0.1) is 11.7 Å². The van der Waals surface area contributed by atoms with E-state index in [0.717, 1.165) is 36.3 Å². The van der Waals surface area contributed by atoms with Crippen LogP contribution in [0.25, 0.3) is 5.69 Å². The van der Waals surface area contributed by atoms with E-state index in [1.54, 1.807) is 4.68 Å². The molecule has 3 rings (SSSR count). The van der Waals surface area contributed by atoms with Crippen molar-refractivity contribution in [2.24, 2.45) is 0 Å². The maximum Gasteiger partial charge on any atom is 0.241 e. The van der Waals surface area contributed by atoms with Gasteiger partial charge in [-0.25, -0.2) is 4.68 Å². The number of aromatic nitrogens is 4. The van der Waals surface area contributed by atoms with Gasteiger partial charge in [0.1, 0.15) is 6.33 Å². The number of hydrogen-bond donors (Lipinski definition) is 2. The molecule has 0 saturated carbocycles. The maximum atomic E-state index is 12.1. The molecule has 1 aliphatic heterocycles. The molecule has 0 aliphatic carbocycles. The topological polar surface area (TPSA) is 84.7 Å². The molecule has 21 heavy (non-hydrogen) atoms. The minimum atomic E-state index is -0.0900. The summed E-state index contributed by atoms with van der Waals surface area (Å²) in [5.41, 5.74) is 2.64. The number of carbonyl (C=O) groups is 1. The summed E-state index contributed by atoms with van der Waals surface area (Å²) in [6, 6.07) is 5.61. The Kier molecular flexibility index (Phi) is 4.87. The molecular weight excluding hydrogens is 292 g/mol. The number of rotatable bonds is 3. The third-order valence-electron chi connectivity index (χ3n) is 3.45. The van der Waals surface area contributed by atoms with Crippen LogP contribution in [0.5, 0.6) is 0 Å². The fourth-order valence-electron chi connectivity index (χ4n) is 2.34. The second kappa shape index (κ2) is 6.64. The molecule has 1 aromatic carbocycles. The van der Waals surface area contributed by atoms with Gasteiger partial charge in [-0.05, 0) is 54.4 Å². The standard InChI is InChI=1S/C13H16N6O.ClH/c1-9-4-5-10(7-12(9)19-8-15-17-18-19)16-13(20)11-3-2-6-14-11;/h4-5,7-8,11,14H,2-3,6H2,1H3,(H,16,20);1H/t11-;/m0./s1. The maximum absolute atomic E-state index is 12.1. The summed E-state index contributed by atoms with van der Waals surface area (Å²) in [4.78, 5) is 12.1. The zero-order valence-corrected chi connectivity index (χ0v) is 12.4. The number of nitrogens with one attached hydrogen (secondary N) is 2. The van der Waals surface area contributed by atoms with Crippen LogP contribution in [0.2, 0.25) is 0 Å². The zero-order valence-electron chi connectivity index (χ0n) is 11.6. The summed E-state index contributed by atoms with van der Waals surface area (Å²) >= 11 is 0. The number of anilines is 1. The second-order valence-corrected chi connectivity index (χ2v) is 4.89. The predicted molar refractivity (Wildman–Crippen MR) is 80.8 cm³/mol. The first-order chi connectivity index (χ1) is 9.74. The minimum Gasteiger partial charge on any atom is -0.325 e. The Bertz CT molecular complexity index is 609. The Balaban J connectivity index is 0.00000161. The highest BCUT2D eigenvalue weighted by Gasteiger charge is 2.22. The fourth-order valence-corrected chi connectivity index (χ4v) is 2.34. The zero-order chi connectivity index (χ0) is 13.9. The molecule has 1 saturated heterocycles. The van der Waals surface area contributed by atoms with Crippen molar-refractivity contribution in [3.8, 4) is 5.69 Å². The van der Waals surface area contributed by atoms with E-state index in [1.807, 2.05) is 25.1 Å². The van der Waals surface area contributed by atoms with E-state index >= 15 is 0 Å². The van der Waals surface area contributed by atoms with Gasteiger partial charge in [0.15, 0.2) is 0 Å². The molecule has 1 amide bonds. The molecule has 1 aromatic heterocycles. The highest BCUT2D eigenvalue weighted by molar-refractivity contribution is 5.95. The van der Waals surface area contributed by atoms with Gasteiger partial charge in [0.2, 0.25) is 5.91 Å². The van der Waals surface area contributed by atoms with Gasteiger partial charge >= 0.3 is 0 Å². The summed E-state index contributed by atoms with van der Waals surface area (Å²) in [6.07, 6.45) is 3.46. The van der Waals surface area contributed by atoms with Crippen LogP contribution in [0.1, 0.15) is 18.4 Å². The number of nitrogens with zero attached hydrogens (tertiary/aromatic N) is 4. The first kappa shape index (κ1) is 15.4. The highest BCUT2D eigenvalue weighted by Crippen LogP contribution is 2.19. The van der Waals surface area contributed by atoms with Crippen LogP contribution >= 0.6 is 12.4 Å². The average Bonchev–Trinajstić information content (AvgIpc) is 3.14. The molecule has 1 aliphatic rings. The van der Waals surface area contributed by atoms with Gasteiger partial charge in [0, 0.05) is 5.69 Å². The van der Waals surface area contributed by atoms with E-state index in [1.165, 1.54) is 6.33 Å². The molecule has 0 spiro atoms. The van der Waals surface area contributed by atoms with Crippen molar-refractivity contribution in [2.45, 2.75) is 25.8 Å². The SMILES string of the molecule is Cc1ccc(NC(=O)[C@@H]2CCCN2)cc1-n1cnnn1.Cl. The lowest BCUT2D eigenvalue weighted by Gasteiger charge is -2.13. The molecule has 112 valence electrons. The summed E-state index contributed by atoms with van der Waals surface area (Å²) in [5, 5.41) is 17.2. The molecule has 1 atom stereocenters. The normalized spacial score (nSPS) is 17.3. The van der Waals surface area contributed by atoms with Gasteiger partial charge in [-0.2, -0.15) is 0 Å². The van der Waals surface area contributed by atoms with Crippen LogP contribution in [0.3, 0.4) is 0 Å². The van der Waals surface area contributed by atoms with Crippen LogP contribution in [0, 0.1) is 6.92 Å². The molecule has 0 radical (unpaired) electrons. The Hall–Kier alpha value is -1.99. The Morgan fingerprint density at radius 1 is 1.48 bits per heavy atom. The molecule has 0 unspecified atom stereocenters. The quantitative estimate of drug-likeness (QED) is 0.886. The Labute approximate surface area is 128 Å². The Morgan fingerprint density at radius 2 is 2.33 bits per heavy atom. The van der Waals surface area contributed by atoms with E-state index in [4.69, 9.17) is 0 Å². The van der Waals surface area contributed by atoms with Crippen molar-refractivity contribution < 1.29 is 4.79 Å². The number of carbonyl (C=O) groups excluding carboxylic acids is 1. The van der Waals surface area contributed by atoms with Gasteiger partial charge in [0.25, 0.3) is 0 Å². The third-order valence-corrected chi connectivity index (χ3v) is 3.45. The van der Waals surface area contributed by atoms with E-state index < -0.39 is 0 Å². The number of aryl methyl sites for hydroxylation is 1. The van der Waals surface area contributed by atoms with Gasteiger partial charge < -0.3 is 10.6 Å². The van der Waals surface area contributed by atoms with Crippen LogP contribution in [-0.4, -0.2) is 38.7 Å². The van der Waals surface area contributed by atoms with Crippen LogP contribution in [-0.2, 0) is 4.79 Å². The lowest BCUT2D eigenvalue weighted by molar-refractivity contribution is -0.117. The van der Waals surface area contributed by atoms with Crippen molar-refractivity contribution in [3.63, 3.8) is 0 Å². The van der Waals surface area contributed by atoms with Gasteiger partial charge in [-0.15, -0.1) is 17.5 Å². The van der Waals surface area contributed by atoms with Gasteiger partial charge in [-0.1, -0.05) is 6.07 Å². The fraction of sp³-hybridized carbons (Fsp3) is 0.385. The van der Waals surface area contributed by atoms with Crippen LogP contribution < -0.4 is 10.6 Å². The molecular formula is C13H17ClN6O. The van der Waals surface area contributed by atoms with Gasteiger partial charge in [-0.3, -0.25) is 4.79 Å². The van der Waals surface area contributed by atoms with E-state index in [9.17, 15) is 4.79 Å². The van der Waals surface area contributed by atoms with E-state index in [-0.39, 0.29) is 24.4 Å². The lowest BCUT2D eigenvalue weighted by atomic mass is 10.1. The van der Waals surface area contributed by atoms with Crippen molar-refractivity contribution in [3.05, 3.63) is 30.1 Å². The van der Waals surface area contributed by atoms with E-state index in [0.29, 0.717) is 0 Å². The molecule has 2 N–H and O–H groups in total. The van der Waals surface area contributed by atoms with E-state index in [2.05, 4.69) is 26.2 Å². The summed E-state index contributed by atoms with van der Waals surface area (Å²) in [6.45, 7) is 2.88. The molecule has 0 bridgehead atoms. The number of halogens is 1. The number of amides is 1. The largest absolute Gasteiger partial charge is 0.325 e. The number of benzene rings is 1. The number of hydrogen-bond acceptors (Lipinski definition) is 5. The number of tetrazole rings is 1. The smallest absolute Gasteiger partial charge is 0.241 e. The molecule has 2 heterocycles. The van der Waals surface area contributed by atoms with Crippen molar-refractivity contribution in [1.29, 1.82) is 0 Å². The summed E-state index contributed by atoms with van der Waals surface area (Å²) in [5.74, 6) is 0.00835.